The zero-order chi connectivity index (χ0) is 11.8. The molecule has 1 heterocycles. The van der Waals surface area contributed by atoms with E-state index in [0.29, 0.717) is 5.76 Å². The average Bonchev–Trinajstić information content (AvgIpc) is 3.09. The Morgan fingerprint density at radius 1 is 1.62 bits per heavy atom. The maximum Gasteiger partial charge on any atom is 0.120 e. The molecule has 2 rings (SSSR count). The highest BCUT2D eigenvalue weighted by Crippen LogP contribution is 2.49. The number of rotatable bonds is 3. The summed E-state index contributed by atoms with van der Waals surface area (Å²) in [7, 11) is 1.58. The second-order valence-corrected chi connectivity index (χ2v) is 4.19. The van der Waals surface area contributed by atoms with Crippen molar-refractivity contribution in [2.45, 2.75) is 25.2 Å². The van der Waals surface area contributed by atoms with E-state index in [1.807, 2.05) is 13.0 Å². The summed E-state index contributed by atoms with van der Waals surface area (Å²) in [5, 5.41) is 9.24. The van der Waals surface area contributed by atoms with Crippen molar-refractivity contribution >= 4 is 5.76 Å². The number of nitrogens with zero attached hydrogens (tertiary/aromatic N) is 2. The molecule has 0 bridgehead atoms. The molecule has 0 amide bonds. The summed E-state index contributed by atoms with van der Waals surface area (Å²) in [5.41, 5.74) is 2.45. The van der Waals surface area contributed by atoms with E-state index in [1.54, 1.807) is 13.3 Å². The molecule has 0 radical (unpaired) electrons. The van der Waals surface area contributed by atoms with E-state index in [1.165, 1.54) is 0 Å². The van der Waals surface area contributed by atoms with E-state index < -0.39 is 0 Å². The molecule has 0 aliphatic heterocycles. The number of nitriles is 1. The van der Waals surface area contributed by atoms with Gasteiger partial charge in [0.2, 0.25) is 0 Å². The molecule has 0 atom stereocenters. The summed E-state index contributed by atoms with van der Waals surface area (Å²) in [6.45, 7) is 5.76. The van der Waals surface area contributed by atoms with Crippen LogP contribution in [0, 0.1) is 18.3 Å². The van der Waals surface area contributed by atoms with Crippen LogP contribution < -0.4 is 0 Å². The Balaban J connectivity index is 2.54. The second-order valence-electron chi connectivity index (χ2n) is 4.19. The molecule has 0 spiro atoms. The molecule has 1 fully saturated rings. The van der Waals surface area contributed by atoms with Gasteiger partial charge in [0.05, 0.1) is 18.6 Å². The van der Waals surface area contributed by atoms with Crippen LogP contribution in [0.15, 0.2) is 18.8 Å². The zero-order valence-electron chi connectivity index (χ0n) is 9.58. The molecule has 82 valence electrons. The summed E-state index contributed by atoms with van der Waals surface area (Å²) in [4.78, 5) is 4.23. The molecule has 0 unspecified atom stereocenters. The van der Waals surface area contributed by atoms with Crippen molar-refractivity contribution in [3.8, 4) is 6.07 Å². The van der Waals surface area contributed by atoms with Crippen molar-refractivity contribution < 1.29 is 4.74 Å². The fraction of sp³-hybridized carbons (Fsp3) is 0.385. The topological polar surface area (TPSA) is 45.9 Å². The fourth-order valence-corrected chi connectivity index (χ4v) is 1.85. The van der Waals surface area contributed by atoms with Gasteiger partial charge in [-0.3, -0.25) is 4.98 Å². The first kappa shape index (κ1) is 10.7. The van der Waals surface area contributed by atoms with Crippen LogP contribution in [0.25, 0.3) is 5.76 Å². The molecular weight excluding hydrogens is 200 g/mol. The van der Waals surface area contributed by atoms with E-state index in [-0.39, 0.29) is 5.41 Å². The minimum atomic E-state index is -0.329. The lowest BCUT2D eigenvalue weighted by atomic mass is 9.92. The quantitative estimate of drug-likeness (QED) is 0.726. The first-order valence-corrected chi connectivity index (χ1v) is 5.24. The maximum absolute atomic E-state index is 9.24. The number of aromatic nitrogens is 1. The number of pyridine rings is 1. The van der Waals surface area contributed by atoms with Crippen molar-refractivity contribution in [1.29, 1.82) is 5.26 Å². The standard InChI is InChI=1S/C13H14N2O/c1-9-6-12(13(8-14)4-5-13)11(7-15-9)10(2)16-3/h6-7H,2,4-5H2,1,3H3. The lowest BCUT2D eigenvalue weighted by Gasteiger charge is -2.14. The highest BCUT2D eigenvalue weighted by molar-refractivity contribution is 5.64. The lowest BCUT2D eigenvalue weighted by molar-refractivity contribution is 0.370. The molecule has 1 aromatic heterocycles. The molecule has 1 aliphatic carbocycles. The largest absolute Gasteiger partial charge is 0.497 e. The van der Waals surface area contributed by atoms with Crippen LogP contribution in [-0.2, 0) is 10.2 Å². The summed E-state index contributed by atoms with van der Waals surface area (Å²) in [6.07, 6.45) is 3.57. The molecule has 16 heavy (non-hydrogen) atoms. The SMILES string of the molecule is C=C(OC)c1cnc(C)cc1C1(C#N)CC1. The molecule has 0 aromatic carbocycles. The van der Waals surface area contributed by atoms with Crippen LogP contribution in [0.2, 0.25) is 0 Å². The third kappa shape index (κ3) is 1.57. The van der Waals surface area contributed by atoms with Gasteiger partial charge in [-0.15, -0.1) is 0 Å². The molecular formula is C13H14N2O. The van der Waals surface area contributed by atoms with E-state index in [2.05, 4.69) is 17.6 Å². The van der Waals surface area contributed by atoms with Gasteiger partial charge in [0, 0.05) is 17.5 Å². The van der Waals surface area contributed by atoms with E-state index in [4.69, 9.17) is 4.74 Å². The van der Waals surface area contributed by atoms with E-state index in [9.17, 15) is 5.26 Å². The van der Waals surface area contributed by atoms with Crippen molar-refractivity contribution in [3.05, 3.63) is 35.7 Å². The summed E-state index contributed by atoms with van der Waals surface area (Å²) >= 11 is 0. The van der Waals surface area contributed by atoms with Crippen molar-refractivity contribution in [3.63, 3.8) is 0 Å². The molecule has 0 saturated heterocycles. The Morgan fingerprint density at radius 3 is 2.81 bits per heavy atom. The second kappa shape index (κ2) is 3.64. The predicted octanol–water partition coefficient (Wildman–Crippen LogP) is 2.56. The van der Waals surface area contributed by atoms with Crippen LogP contribution in [-0.4, -0.2) is 12.1 Å². The monoisotopic (exact) mass is 214 g/mol. The molecule has 3 heteroatoms. The van der Waals surface area contributed by atoms with Crippen LogP contribution in [0.5, 0.6) is 0 Å². The Kier molecular flexibility index (Phi) is 2.43. The Bertz CT molecular complexity index is 481. The van der Waals surface area contributed by atoms with Gasteiger partial charge in [-0.05, 0) is 31.4 Å². The number of ether oxygens (including phenoxy) is 1. The average molecular weight is 214 g/mol. The van der Waals surface area contributed by atoms with Crippen molar-refractivity contribution in [1.82, 2.24) is 4.98 Å². The van der Waals surface area contributed by atoms with Gasteiger partial charge in [-0.25, -0.2) is 0 Å². The number of hydrogen-bond acceptors (Lipinski definition) is 3. The van der Waals surface area contributed by atoms with Crippen LogP contribution in [0.4, 0.5) is 0 Å². The van der Waals surface area contributed by atoms with Gasteiger partial charge in [0.1, 0.15) is 5.76 Å². The van der Waals surface area contributed by atoms with Crippen molar-refractivity contribution in [2.24, 2.45) is 0 Å². The Labute approximate surface area is 95.4 Å². The highest BCUT2D eigenvalue weighted by atomic mass is 16.5. The molecule has 1 aromatic rings. The third-order valence-electron chi connectivity index (χ3n) is 3.07. The first-order chi connectivity index (χ1) is 7.63. The minimum Gasteiger partial charge on any atom is -0.497 e. The number of methoxy groups -OCH3 is 1. The van der Waals surface area contributed by atoms with Crippen LogP contribution in [0.3, 0.4) is 0 Å². The lowest BCUT2D eigenvalue weighted by Crippen LogP contribution is -2.08. The van der Waals surface area contributed by atoms with Gasteiger partial charge in [0.15, 0.2) is 0 Å². The number of hydrogen-bond donors (Lipinski definition) is 0. The predicted molar refractivity (Wildman–Crippen MR) is 61.5 cm³/mol. The Hall–Kier alpha value is -1.82. The molecule has 0 N–H and O–H groups in total. The number of aryl methyl sites for hydroxylation is 1. The highest BCUT2D eigenvalue weighted by Gasteiger charge is 2.46. The zero-order valence-corrected chi connectivity index (χ0v) is 9.58. The molecule has 1 aliphatic rings. The minimum absolute atomic E-state index is 0.329. The van der Waals surface area contributed by atoms with E-state index >= 15 is 0 Å². The van der Waals surface area contributed by atoms with Crippen LogP contribution >= 0.6 is 0 Å². The summed E-state index contributed by atoms with van der Waals surface area (Å²) in [5.74, 6) is 0.573. The normalized spacial score (nSPS) is 16.3. The van der Waals surface area contributed by atoms with Crippen molar-refractivity contribution in [2.75, 3.05) is 7.11 Å². The maximum atomic E-state index is 9.24. The Morgan fingerprint density at radius 2 is 2.31 bits per heavy atom. The smallest absolute Gasteiger partial charge is 0.120 e. The third-order valence-corrected chi connectivity index (χ3v) is 3.07. The summed E-state index contributed by atoms with van der Waals surface area (Å²) in [6, 6.07) is 4.36. The molecule has 3 nitrogen and oxygen atoms in total. The summed E-state index contributed by atoms with van der Waals surface area (Å²) < 4.78 is 5.14. The molecule has 1 saturated carbocycles. The van der Waals surface area contributed by atoms with Gasteiger partial charge in [0.25, 0.3) is 0 Å². The van der Waals surface area contributed by atoms with Crippen LogP contribution in [0.1, 0.15) is 29.7 Å². The van der Waals surface area contributed by atoms with E-state index in [0.717, 1.165) is 29.7 Å². The van der Waals surface area contributed by atoms with Gasteiger partial charge < -0.3 is 4.74 Å². The van der Waals surface area contributed by atoms with Gasteiger partial charge in [-0.1, -0.05) is 6.58 Å². The van der Waals surface area contributed by atoms with Gasteiger partial charge >= 0.3 is 0 Å². The van der Waals surface area contributed by atoms with Gasteiger partial charge in [-0.2, -0.15) is 5.26 Å². The first-order valence-electron chi connectivity index (χ1n) is 5.24. The fourth-order valence-electron chi connectivity index (χ4n) is 1.85.